The van der Waals surface area contributed by atoms with Crippen LogP contribution in [-0.2, 0) is 24.9 Å². The first-order valence-electron chi connectivity index (χ1n) is 15.5. The van der Waals surface area contributed by atoms with E-state index in [4.69, 9.17) is 9.47 Å². The van der Waals surface area contributed by atoms with E-state index in [1.165, 1.54) is 4.90 Å². The van der Waals surface area contributed by atoms with Crippen molar-refractivity contribution in [2.75, 3.05) is 0 Å². The zero-order valence-electron chi connectivity index (χ0n) is 26.7. The molecule has 1 aromatic heterocycles. The van der Waals surface area contributed by atoms with Crippen LogP contribution in [0.1, 0.15) is 63.7 Å². The van der Waals surface area contributed by atoms with Gasteiger partial charge in [-0.15, -0.1) is 0 Å². The van der Waals surface area contributed by atoms with E-state index in [1.54, 1.807) is 50.2 Å². The first-order valence-corrected chi connectivity index (χ1v) is 15.5. The van der Waals surface area contributed by atoms with Gasteiger partial charge in [0.25, 0.3) is 11.8 Å². The van der Waals surface area contributed by atoms with Gasteiger partial charge in [-0.3, -0.25) is 14.5 Å². The highest BCUT2D eigenvalue weighted by Crippen LogP contribution is 2.31. The average molecular weight is 636 g/mol. The second-order valence-electron chi connectivity index (χ2n) is 11.9. The maximum Gasteiger partial charge on any atom is 0.345 e. The summed E-state index contributed by atoms with van der Waals surface area (Å²) in [5.41, 5.74) is 5.95. The van der Waals surface area contributed by atoms with Gasteiger partial charge in [0.1, 0.15) is 19.4 Å². The highest BCUT2D eigenvalue weighted by Gasteiger charge is 2.35. The van der Waals surface area contributed by atoms with E-state index in [-0.39, 0.29) is 25.0 Å². The zero-order chi connectivity index (χ0) is 33.5. The number of pyridine rings is 1. The fraction of sp³-hybridized carbons (Fsp3) is 0.125. The summed E-state index contributed by atoms with van der Waals surface area (Å²) in [6.45, 7) is 3.82. The van der Waals surface area contributed by atoms with Crippen molar-refractivity contribution in [3.63, 3.8) is 0 Å². The summed E-state index contributed by atoms with van der Waals surface area (Å²) >= 11 is 0. The van der Waals surface area contributed by atoms with E-state index in [0.29, 0.717) is 49.9 Å². The molecule has 0 saturated carbocycles. The van der Waals surface area contributed by atoms with Gasteiger partial charge >= 0.3 is 11.9 Å². The van der Waals surface area contributed by atoms with Crippen molar-refractivity contribution in [2.24, 2.45) is 7.05 Å². The fourth-order valence-electron chi connectivity index (χ4n) is 6.38. The molecular weight excluding hydrogens is 604 g/mol. The molecule has 48 heavy (non-hydrogen) atoms. The lowest BCUT2D eigenvalue weighted by Crippen LogP contribution is -2.32. The van der Waals surface area contributed by atoms with Gasteiger partial charge in [-0.2, -0.15) is 4.57 Å². The first-order chi connectivity index (χ1) is 23.2. The molecule has 0 aliphatic carbocycles. The van der Waals surface area contributed by atoms with Crippen molar-refractivity contribution in [3.05, 3.63) is 154 Å². The zero-order valence-corrected chi connectivity index (χ0v) is 26.7. The van der Waals surface area contributed by atoms with Crippen LogP contribution in [0.25, 0.3) is 21.8 Å². The number of fused-ring (bicyclic) bond motifs is 3. The van der Waals surface area contributed by atoms with Crippen molar-refractivity contribution in [1.82, 2.24) is 4.90 Å². The van der Waals surface area contributed by atoms with Gasteiger partial charge in [-0.25, -0.2) is 9.59 Å². The summed E-state index contributed by atoms with van der Waals surface area (Å²) in [5.74, 6) is -1.30. The predicted octanol–water partition coefficient (Wildman–Crippen LogP) is 6.81. The van der Waals surface area contributed by atoms with Crippen molar-refractivity contribution in [3.8, 4) is 5.75 Å². The molecule has 0 unspecified atom stereocenters. The number of aryl methyl sites for hydroxylation is 3. The monoisotopic (exact) mass is 635 g/mol. The summed E-state index contributed by atoms with van der Waals surface area (Å²) < 4.78 is 13.6. The van der Waals surface area contributed by atoms with E-state index in [0.717, 1.165) is 22.2 Å². The molecule has 7 rings (SSSR count). The number of rotatable bonds is 7. The molecule has 8 heteroatoms. The number of ether oxygens (including phenoxy) is 2. The van der Waals surface area contributed by atoms with E-state index in [9.17, 15) is 19.2 Å². The summed E-state index contributed by atoms with van der Waals surface area (Å²) in [5, 5.41) is 1.37. The molecule has 1 aliphatic rings. The number of nitrogens with zero attached hydrogens (tertiary/aromatic N) is 2. The van der Waals surface area contributed by atoms with Crippen molar-refractivity contribution in [1.29, 1.82) is 0 Å². The molecule has 0 spiro atoms. The molecule has 2 heterocycles. The van der Waals surface area contributed by atoms with E-state index >= 15 is 0 Å². The molecule has 1 aliphatic heterocycles. The number of carbonyl (C=O) groups is 4. The second-order valence-corrected chi connectivity index (χ2v) is 11.9. The molecule has 0 atom stereocenters. The first kappa shape index (κ1) is 30.5. The van der Waals surface area contributed by atoms with E-state index in [2.05, 4.69) is 0 Å². The molecule has 0 bridgehead atoms. The Morgan fingerprint density at radius 3 is 1.96 bits per heavy atom. The quantitative estimate of drug-likeness (QED) is 0.0630. The van der Waals surface area contributed by atoms with Gasteiger partial charge in [0, 0.05) is 12.1 Å². The number of imide groups is 1. The number of benzene rings is 5. The Balaban J connectivity index is 1.20. The molecule has 5 aromatic carbocycles. The van der Waals surface area contributed by atoms with Gasteiger partial charge in [0.15, 0.2) is 0 Å². The lowest BCUT2D eigenvalue weighted by molar-refractivity contribution is -0.617. The lowest BCUT2D eigenvalue weighted by atomic mass is 10.00. The van der Waals surface area contributed by atoms with Crippen LogP contribution in [0.4, 0.5) is 0 Å². The fourth-order valence-corrected chi connectivity index (χ4v) is 6.38. The Morgan fingerprint density at radius 2 is 1.27 bits per heavy atom. The molecule has 0 fully saturated rings. The smallest absolute Gasteiger partial charge is 0.345 e. The third-order valence-electron chi connectivity index (χ3n) is 8.75. The Labute approximate surface area is 276 Å². The van der Waals surface area contributed by atoms with E-state index < -0.39 is 11.9 Å². The Bertz CT molecular complexity index is 2250. The minimum Gasteiger partial charge on any atom is -0.457 e. The van der Waals surface area contributed by atoms with E-state index in [1.807, 2.05) is 84.4 Å². The summed E-state index contributed by atoms with van der Waals surface area (Å²) in [4.78, 5) is 54.3. The lowest BCUT2D eigenvalue weighted by Gasteiger charge is -2.16. The number of esters is 2. The topological polar surface area (TPSA) is 93.9 Å². The largest absolute Gasteiger partial charge is 0.457 e. The van der Waals surface area contributed by atoms with Crippen LogP contribution in [0.5, 0.6) is 5.75 Å². The Kier molecular flexibility index (Phi) is 7.77. The van der Waals surface area contributed by atoms with Gasteiger partial charge in [-0.05, 0) is 72.5 Å². The molecule has 2 amide bonds. The SMILES string of the molecule is Cc1cc(C(=O)OCc2ccccc2)cc(C)c1OC(=O)c1c2ccccc2[n+](C)c2cc(CN3C(=O)c4ccccc4C3=O)ccc12. The maximum atomic E-state index is 14.1. The van der Waals surface area contributed by atoms with Gasteiger partial charge in [0.05, 0.1) is 39.6 Å². The molecule has 6 aromatic rings. The van der Waals surface area contributed by atoms with Crippen LogP contribution in [0.3, 0.4) is 0 Å². The Hall–Kier alpha value is -6.15. The summed E-state index contributed by atoms with van der Waals surface area (Å²) in [7, 11) is 1.91. The number of para-hydroxylation sites is 1. The van der Waals surface area contributed by atoms with Crippen LogP contribution in [-0.4, -0.2) is 28.7 Å². The van der Waals surface area contributed by atoms with Crippen molar-refractivity contribution >= 4 is 45.6 Å². The molecule has 0 N–H and O–H groups in total. The molecule has 8 nitrogen and oxygen atoms in total. The standard InChI is InChI=1S/C40H31N2O6/c1-24-19-28(39(45)47-23-26-11-5-4-6-12-26)20-25(2)36(24)48-40(46)35-31-15-9-10-16-33(31)41(3)34-21-27(17-18-32(34)35)22-42-37(43)29-13-7-8-14-30(29)38(42)44/h4-21H,22-23H2,1-3H3/q+1. The summed E-state index contributed by atoms with van der Waals surface area (Å²) in [6.07, 6.45) is 0. The Morgan fingerprint density at radius 1 is 0.667 bits per heavy atom. The van der Waals surface area contributed by atoms with Crippen LogP contribution in [0.15, 0.2) is 109 Å². The minimum atomic E-state index is -0.546. The van der Waals surface area contributed by atoms with Gasteiger partial charge in [0.2, 0.25) is 11.0 Å². The normalized spacial score (nSPS) is 12.4. The highest BCUT2D eigenvalue weighted by molar-refractivity contribution is 6.21. The molecule has 0 saturated heterocycles. The molecule has 0 radical (unpaired) electrons. The number of hydrogen-bond donors (Lipinski definition) is 0. The van der Waals surface area contributed by atoms with Crippen LogP contribution in [0.2, 0.25) is 0 Å². The van der Waals surface area contributed by atoms with Gasteiger partial charge in [-0.1, -0.05) is 60.7 Å². The van der Waals surface area contributed by atoms with Crippen molar-refractivity contribution in [2.45, 2.75) is 27.0 Å². The third-order valence-corrected chi connectivity index (χ3v) is 8.75. The molecule has 236 valence electrons. The number of amides is 2. The molecular formula is C40H31N2O6+. The number of aromatic nitrogens is 1. The average Bonchev–Trinajstić information content (AvgIpc) is 3.34. The van der Waals surface area contributed by atoms with Crippen LogP contribution in [0, 0.1) is 13.8 Å². The summed E-state index contributed by atoms with van der Waals surface area (Å²) in [6, 6.07) is 32.7. The van der Waals surface area contributed by atoms with Crippen LogP contribution < -0.4 is 9.30 Å². The third kappa shape index (κ3) is 5.37. The number of hydrogen-bond acceptors (Lipinski definition) is 6. The maximum absolute atomic E-state index is 14.1. The second kappa shape index (κ2) is 12.2. The van der Waals surface area contributed by atoms with Crippen molar-refractivity contribution < 1.29 is 33.2 Å². The highest BCUT2D eigenvalue weighted by atomic mass is 16.5. The number of carbonyl (C=O) groups excluding carboxylic acids is 4. The minimum absolute atomic E-state index is 0.0907. The predicted molar refractivity (Wildman–Crippen MR) is 180 cm³/mol. The van der Waals surface area contributed by atoms with Crippen LogP contribution >= 0.6 is 0 Å². The van der Waals surface area contributed by atoms with Gasteiger partial charge < -0.3 is 9.47 Å².